The predicted molar refractivity (Wildman–Crippen MR) is 143 cm³/mol. The zero-order chi connectivity index (χ0) is 26.2. The fraction of sp³-hybridized carbons (Fsp3) is 0.154. The van der Waals surface area contributed by atoms with Gasteiger partial charge in [-0.3, -0.25) is 4.79 Å². The Labute approximate surface area is 227 Å². The molecule has 1 N–H and O–H groups in total. The third-order valence-electron chi connectivity index (χ3n) is 4.95. The van der Waals surface area contributed by atoms with Crippen molar-refractivity contribution < 1.29 is 23.7 Å². The van der Waals surface area contributed by atoms with E-state index < -0.39 is 5.91 Å². The van der Waals surface area contributed by atoms with Crippen molar-refractivity contribution in [3.8, 4) is 29.1 Å². The van der Waals surface area contributed by atoms with Crippen molar-refractivity contribution >= 4 is 56.8 Å². The Bertz CT molecular complexity index is 1340. The molecule has 0 aliphatic heterocycles. The molecule has 0 heterocycles. The van der Waals surface area contributed by atoms with E-state index in [9.17, 15) is 10.1 Å². The Morgan fingerprint density at radius 1 is 1.00 bits per heavy atom. The van der Waals surface area contributed by atoms with Crippen LogP contribution in [-0.2, 0) is 11.4 Å². The van der Waals surface area contributed by atoms with Crippen molar-refractivity contribution in [1.29, 1.82) is 5.26 Å². The normalized spacial score (nSPS) is 10.9. The molecule has 3 aromatic rings. The Balaban J connectivity index is 1.85. The zero-order valence-electron chi connectivity index (χ0n) is 19.5. The van der Waals surface area contributed by atoms with E-state index in [4.69, 9.17) is 42.1 Å². The van der Waals surface area contributed by atoms with Crippen molar-refractivity contribution in [2.24, 2.45) is 0 Å². The third-order valence-corrected chi connectivity index (χ3v) is 6.08. The molecule has 0 fully saturated rings. The second kappa shape index (κ2) is 12.5. The summed E-state index contributed by atoms with van der Waals surface area (Å²) in [6, 6.07) is 15.6. The van der Waals surface area contributed by atoms with Crippen LogP contribution in [0.15, 0.2) is 58.6 Å². The van der Waals surface area contributed by atoms with Gasteiger partial charge in [0.1, 0.15) is 29.7 Å². The number of ether oxygens (including phenoxy) is 4. The van der Waals surface area contributed by atoms with Crippen LogP contribution >= 0.6 is 39.1 Å². The number of carbonyl (C=O) groups is 1. The summed E-state index contributed by atoms with van der Waals surface area (Å²) >= 11 is 15.5. The second-order valence-corrected chi connectivity index (χ2v) is 8.96. The average Bonchev–Trinajstić information content (AvgIpc) is 2.87. The minimum absolute atomic E-state index is 0.144. The molecule has 0 aromatic heterocycles. The van der Waals surface area contributed by atoms with Gasteiger partial charge in [0.2, 0.25) is 0 Å². The van der Waals surface area contributed by atoms with Gasteiger partial charge in [0.15, 0.2) is 11.5 Å². The molecule has 36 heavy (non-hydrogen) atoms. The summed E-state index contributed by atoms with van der Waals surface area (Å²) in [5.41, 5.74) is 1.63. The predicted octanol–water partition coefficient (Wildman–Crippen LogP) is 6.91. The van der Waals surface area contributed by atoms with Gasteiger partial charge in [-0.15, -0.1) is 0 Å². The Morgan fingerprint density at radius 2 is 1.67 bits per heavy atom. The molecule has 0 bridgehead atoms. The van der Waals surface area contributed by atoms with Gasteiger partial charge in [0.25, 0.3) is 5.91 Å². The summed E-state index contributed by atoms with van der Waals surface area (Å²) in [4.78, 5) is 12.9. The minimum atomic E-state index is -0.640. The highest BCUT2D eigenvalue weighted by Gasteiger charge is 2.17. The summed E-state index contributed by atoms with van der Waals surface area (Å²) in [5, 5.41) is 13.3. The number of rotatable bonds is 9. The number of halogens is 3. The molecule has 0 saturated carbocycles. The lowest BCUT2D eigenvalue weighted by Gasteiger charge is -2.14. The molecule has 0 unspecified atom stereocenters. The molecule has 7 nitrogen and oxygen atoms in total. The maximum atomic E-state index is 12.9. The lowest BCUT2D eigenvalue weighted by atomic mass is 10.1. The Hall–Kier alpha value is -3.38. The maximum absolute atomic E-state index is 12.9. The van der Waals surface area contributed by atoms with E-state index in [1.54, 1.807) is 24.3 Å². The van der Waals surface area contributed by atoms with E-state index in [0.29, 0.717) is 55.4 Å². The van der Waals surface area contributed by atoms with E-state index in [-0.39, 0.29) is 5.57 Å². The smallest absolute Gasteiger partial charge is 0.266 e. The molecule has 3 aromatic carbocycles. The molecule has 0 aliphatic rings. The zero-order valence-corrected chi connectivity index (χ0v) is 22.6. The first-order chi connectivity index (χ1) is 17.3. The number of carbonyl (C=O) groups excluding carboxylic acids is 1. The summed E-state index contributed by atoms with van der Waals surface area (Å²) in [6.45, 7) is 0.291. The van der Waals surface area contributed by atoms with Crippen molar-refractivity contribution in [2.75, 3.05) is 26.6 Å². The molecule has 0 spiro atoms. The average molecular weight is 592 g/mol. The van der Waals surface area contributed by atoms with Gasteiger partial charge in [-0.05, 0) is 57.4 Å². The first kappa shape index (κ1) is 27.2. The quantitative estimate of drug-likeness (QED) is 0.215. The standard InChI is InChI=1S/C26H21BrCl2N2O5/c1-33-22-12-21(23(34-2)11-20(22)29)31-26(32)17(13-30)8-16-9-19(27)25(24(10-16)35-3)36-14-15-4-6-18(28)7-5-15/h4-12H,14H2,1-3H3,(H,31,32)/b17-8+. The van der Waals surface area contributed by atoms with Gasteiger partial charge in [-0.2, -0.15) is 5.26 Å². The fourth-order valence-electron chi connectivity index (χ4n) is 3.16. The van der Waals surface area contributed by atoms with Crippen LogP contribution in [-0.4, -0.2) is 27.2 Å². The number of nitriles is 1. The van der Waals surface area contributed by atoms with Gasteiger partial charge in [-0.25, -0.2) is 0 Å². The SMILES string of the molecule is COc1cc(NC(=O)/C(C#N)=C/c2cc(Br)c(OCc3ccc(Cl)cc3)c(OC)c2)c(OC)cc1Cl. The van der Waals surface area contributed by atoms with Gasteiger partial charge in [0, 0.05) is 17.2 Å². The molecule has 0 radical (unpaired) electrons. The monoisotopic (exact) mass is 590 g/mol. The van der Waals surface area contributed by atoms with Gasteiger partial charge < -0.3 is 24.3 Å². The number of nitrogens with zero attached hydrogens (tertiary/aromatic N) is 1. The number of nitrogens with one attached hydrogen (secondary N) is 1. The Kier molecular flexibility index (Phi) is 9.48. The highest BCUT2D eigenvalue weighted by Crippen LogP contribution is 2.38. The molecule has 0 saturated heterocycles. The van der Waals surface area contributed by atoms with E-state index in [0.717, 1.165) is 5.56 Å². The molecule has 10 heteroatoms. The number of benzene rings is 3. The van der Waals surface area contributed by atoms with Crippen molar-refractivity contribution in [2.45, 2.75) is 6.61 Å². The van der Waals surface area contributed by atoms with Crippen LogP contribution in [0, 0.1) is 11.3 Å². The highest BCUT2D eigenvalue weighted by molar-refractivity contribution is 9.10. The first-order valence-electron chi connectivity index (χ1n) is 10.4. The van der Waals surface area contributed by atoms with Gasteiger partial charge in [-0.1, -0.05) is 35.3 Å². The molecule has 3 rings (SSSR count). The van der Waals surface area contributed by atoms with Crippen LogP contribution in [0.1, 0.15) is 11.1 Å². The lowest BCUT2D eigenvalue weighted by molar-refractivity contribution is -0.112. The number of hydrogen-bond donors (Lipinski definition) is 1. The third kappa shape index (κ3) is 6.64. The molecule has 0 atom stereocenters. The Morgan fingerprint density at radius 3 is 2.28 bits per heavy atom. The van der Waals surface area contributed by atoms with Gasteiger partial charge in [0.05, 0.1) is 36.5 Å². The number of hydrogen-bond acceptors (Lipinski definition) is 6. The number of amides is 1. The van der Waals surface area contributed by atoms with Crippen molar-refractivity contribution in [1.82, 2.24) is 0 Å². The second-order valence-electron chi connectivity index (χ2n) is 7.26. The van der Waals surface area contributed by atoms with Crippen molar-refractivity contribution in [3.05, 3.63) is 79.7 Å². The summed E-state index contributed by atoms with van der Waals surface area (Å²) < 4.78 is 22.5. The van der Waals surface area contributed by atoms with Crippen LogP contribution in [0.25, 0.3) is 6.08 Å². The van der Waals surface area contributed by atoms with Crippen molar-refractivity contribution in [3.63, 3.8) is 0 Å². The maximum Gasteiger partial charge on any atom is 0.266 e. The molecular formula is C26H21BrCl2N2O5. The number of methoxy groups -OCH3 is 3. The molecule has 186 valence electrons. The van der Waals surface area contributed by atoms with E-state index >= 15 is 0 Å². The highest BCUT2D eigenvalue weighted by atomic mass is 79.9. The minimum Gasteiger partial charge on any atom is -0.495 e. The molecular weight excluding hydrogens is 571 g/mol. The van der Waals surface area contributed by atoms with Crippen LogP contribution in [0.5, 0.6) is 23.0 Å². The largest absolute Gasteiger partial charge is 0.495 e. The van der Waals surface area contributed by atoms with Crippen LogP contribution in [0.2, 0.25) is 10.0 Å². The topological polar surface area (TPSA) is 89.8 Å². The van der Waals surface area contributed by atoms with E-state index in [2.05, 4.69) is 21.2 Å². The van der Waals surface area contributed by atoms with Crippen LogP contribution in [0.3, 0.4) is 0 Å². The summed E-state index contributed by atoms with van der Waals surface area (Å²) in [7, 11) is 4.39. The van der Waals surface area contributed by atoms with Gasteiger partial charge >= 0.3 is 0 Å². The summed E-state index contributed by atoms with van der Waals surface area (Å²) in [6.07, 6.45) is 1.44. The van der Waals surface area contributed by atoms with Crippen LogP contribution < -0.4 is 24.3 Å². The first-order valence-corrected chi connectivity index (χ1v) is 11.9. The van der Waals surface area contributed by atoms with E-state index in [1.807, 2.05) is 18.2 Å². The van der Waals surface area contributed by atoms with Crippen LogP contribution in [0.4, 0.5) is 5.69 Å². The molecule has 0 aliphatic carbocycles. The van der Waals surface area contributed by atoms with E-state index in [1.165, 1.54) is 39.5 Å². The lowest BCUT2D eigenvalue weighted by Crippen LogP contribution is -2.14. The molecule has 1 amide bonds. The fourth-order valence-corrected chi connectivity index (χ4v) is 4.09. The summed E-state index contributed by atoms with van der Waals surface area (Å²) in [5.74, 6) is 0.923. The number of anilines is 1.